The van der Waals surface area contributed by atoms with Crippen LogP contribution in [0, 0.1) is 6.92 Å². The van der Waals surface area contributed by atoms with Crippen LogP contribution in [0.1, 0.15) is 37.2 Å². The number of hydrogen-bond acceptors (Lipinski definition) is 7. The molecule has 3 heterocycles. The third kappa shape index (κ3) is 4.36. The van der Waals surface area contributed by atoms with Crippen molar-refractivity contribution in [2.45, 2.75) is 44.0 Å². The molecule has 13 heteroatoms. The summed E-state index contributed by atoms with van der Waals surface area (Å²) in [7, 11) is -4.16. The maximum absolute atomic E-state index is 13.5. The molecule has 2 aliphatic rings. The summed E-state index contributed by atoms with van der Waals surface area (Å²) in [6, 6.07) is 6.76. The quantitative estimate of drug-likeness (QED) is 0.351. The highest BCUT2D eigenvalue weighted by Crippen LogP contribution is 2.38. The fourth-order valence-electron chi connectivity index (χ4n) is 4.83. The highest BCUT2D eigenvalue weighted by atomic mass is 79.9. The topological polar surface area (TPSA) is 154 Å². The smallest absolute Gasteiger partial charge is 0.262 e. The molecule has 5 rings (SSSR count). The Labute approximate surface area is 220 Å². The van der Waals surface area contributed by atoms with Gasteiger partial charge in [0.05, 0.1) is 15.5 Å². The second-order valence-corrected chi connectivity index (χ2v) is 11.4. The number of carbonyl (C=O) groups is 3. The summed E-state index contributed by atoms with van der Waals surface area (Å²) in [5.74, 6) is -0.963. The standard InChI is InChI=1S/C24H22BrN5O6S/c1-12-26-22-15(24(34)30(12)18-6-7-21(32)27-23(18)33)4-3-5-17(22)28-37(35,36)20-11-19-14(10-16(20)25)8-9-29(19)13(2)31/h3-5,10-11,18H,6-9H2,1-2H3,(H2-,27,28,32,33,35,36). The van der Waals surface area contributed by atoms with Gasteiger partial charge in [0, 0.05) is 26.0 Å². The Bertz CT molecular complexity index is 1620. The summed E-state index contributed by atoms with van der Waals surface area (Å²) in [5, 5.41) is 2.35. The van der Waals surface area contributed by atoms with Crippen LogP contribution < -0.4 is 20.5 Å². The zero-order valence-electron chi connectivity index (χ0n) is 19.9. The van der Waals surface area contributed by atoms with Gasteiger partial charge in [-0.3, -0.25) is 29.1 Å². The van der Waals surface area contributed by atoms with Gasteiger partial charge in [-0.2, -0.15) is 0 Å². The van der Waals surface area contributed by atoms with Gasteiger partial charge in [-0.15, -0.1) is 0 Å². The zero-order valence-corrected chi connectivity index (χ0v) is 22.3. The molecule has 11 nitrogen and oxygen atoms in total. The molecule has 0 saturated carbocycles. The lowest BCUT2D eigenvalue weighted by Gasteiger charge is -2.25. The number of anilines is 2. The van der Waals surface area contributed by atoms with E-state index >= 15 is 0 Å². The number of carbonyl (C=O) groups excluding carboxylic acids is 3. The maximum atomic E-state index is 13.5. The number of halogens is 1. The van der Waals surface area contributed by atoms with Crippen molar-refractivity contribution in [3.8, 4) is 0 Å². The van der Waals surface area contributed by atoms with Crippen LogP contribution >= 0.6 is 15.9 Å². The van der Waals surface area contributed by atoms with E-state index in [0.717, 1.165) is 5.56 Å². The van der Waals surface area contributed by atoms with Gasteiger partial charge in [-0.25, -0.2) is 9.71 Å². The predicted molar refractivity (Wildman–Crippen MR) is 139 cm³/mol. The van der Waals surface area contributed by atoms with Crippen LogP contribution in [-0.4, -0.2) is 38.4 Å². The first kappa shape index (κ1) is 25.2. The SMILES string of the molecule is CC(=O)N1CCc2cc(Br)c([S+](=O)([O-])Nc3cccc4c(=O)n(C5CCC(=O)NC5=O)c(C)nc34)cc21. The summed E-state index contributed by atoms with van der Waals surface area (Å²) >= 11 is 3.34. The van der Waals surface area contributed by atoms with Gasteiger partial charge in [0.1, 0.15) is 23.1 Å². The molecular weight excluding hydrogens is 566 g/mol. The van der Waals surface area contributed by atoms with Crippen LogP contribution in [0.5, 0.6) is 0 Å². The second kappa shape index (κ2) is 9.15. The van der Waals surface area contributed by atoms with E-state index in [9.17, 15) is 27.9 Å². The maximum Gasteiger partial charge on any atom is 0.262 e. The highest BCUT2D eigenvalue weighted by molar-refractivity contribution is 9.10. The number of para-hydroxylation sites is 1. The number of nitrogens with one attached hydrogen (secondary N) is 2. The minimum Gasteiger partial charge on any atom is -0.588 e. The second-order valence-electron chi connectivity index (χ2n) is 8.94. The fourth-order valence-corrected chi connectivity index (χ4v) is 7.00. The van der Waals surface area contributed by atoms with E-state index in [2.05, 4.69) is 31.0 Å². The number of piperidine rings is 1. The van der Waals surface area contributed by atoms with Crippen molar-refractivity contribution in [3.63, 3.8) is 0 Å². The van der Waals surface area contributed by atoms with Crippen LogP contribution in [0.15, 0.2) is 44.5 Å². The number of hydrogen-bond donors (Lipinski definition) is 2. The molecule has 3 amide bonds. The molecule has 2 unspecified atom stereocenters. The van der Waals surface area contributed by atoms with Crippen molar-refractivity contribution in [3.05, 3.63) is 56.5 Å². The normalized spacial score (nSPS) is 18.9. The lowest BCUT2D eigenvalue weighted by Crippen LogP contribution is -2.45. The van der Waals surface area contributed by atoms with E-state index in [1.165, 1.54) is 40.7 Å². The van der Waals surface area contributed by atoms with Crippen LogP contribution in [0.2, 0.25) is 0 Å². The third-order valence-electron chi connectivity index (χ3n) is 6.57. The summed E-state index contributed by atoms with van der Waals surface area (Å²) in [6.45, 7) is 3.44. The molecule has 2 aliphatic heterocycles. The highest BCUT2D eigenvalue weighted by Gasteiger charge is 2.33. The van der Waals surface area contributed by atoms with Gasteiger partial charge in [0.25, 0.3) is 5.56 Å². The Hall–Kier alpha value is -3.42. The summed E-state index contributed by atoms with van der Waals surface area (Å²) in [5.41, 5.74) is 1.09. The van der Waals surface area contributed by atoms with Crippen molar-refractivity contribution >= 4 is 66.3 Å². The lowest BCUT2D eigenvalue weighted by atomic mass is 10.1. The Morgan fingerprint density at radius 1 is 1.24 bits per heavy atom. The van der Waals surface area contributed by atoms with Crippen molar-refractivity contribution < 1.29 is 23.1 Å². The van der Waals surface area contributed by atoms with E-state index in [4.69, 9.17) is 0 Å². The van der Waals surface area contributed by atoms with Gasteiger partial charge < -0.3 is 9.45 Å². The predicted octanol–water partition coefficient (Wildman–Crippen LogP) is 2.37. The van der Waals surface area contributed by atoms with Crippen molar-refractivity contribution in [1.29, 1.82) is 0 Å². The summed E-state index contributed by atoms with van der Waals surface area (Å²) < 4.78 is 31.0. The van der Waals surface area contributed by atoms with Crippen molar-refractivity contribution in [2.75, 3.05) is 16.2 Å². The molecule has 37 heavy (non-hydrogen) atoms. The molecule has 1 saturated heterocycles. The molecule has 0 aliphatic carbocycles. The number of fused-ring (bicyclic) bond motifs is 2. The summed E-state index contributed by atoms with van der Waals surface area (Å²) in [6.07, 6.45) is 0.874. The van der Waals surface area contributed by atoms with Crippen molar-refractivity contribution in [2.24, 2.45) is 0 Å². The van der Waals surface area contributed by atoms with E-state index in [1.54, 1.807) is 13.0 Å². The summed E-state index contributed by atoms with van der Waals surface area (Å²) in [4.78, 5) is 55.2. The molecule has 1 aromatic heterocycles. The lowest BCUT2D eigenvalue weighted by molar-refractivity contribution is -0.135. The first-order valence-electron chi connectivity index (χ1n) is 11.5. The molecule has 192 valence electrons. The monoisotopic (exact) mass is 587 g/mol. The van der Waals surface area contributed by atoms with Crippen LogP contribution in [0.25, 0.3) is 10.9 Å². The number of nitrogens with zero attached hydrogens (tertiary/aromatic N) is 3. The third-order valence-corrected chi connectivity index (χ3v) is 8.90. The molecule has 0 radical (unpaired) electrons. The molecular formula is C24H22BrN5O6S. The van der Waals surface area contributed by atoms with Gasteiger partial charge in [-0.05, 0) is 59.5 Å². The van der Waals surface area contributed by atoms with Crippen LogP contribution in [0.4, 0.5) is 11.4 Å². The largest absolute Gasteiger partial charge is 0.588 e. The Morgan fingerprint density at radius 3 is 2.70 bits per heavy atom. The van der Waals surface area contributed by atoms with Crippen LogP contribution in [-0.2, 0) is 35.4 Å². The number of imide groups is 1. The number of aryl methyl sites for hydroxylation is 1. The molecule has 2 aromatic carbocycles. The van der Waals surface area contributed by atoms with E-state index in [0.29, 0.717) is 23.1 Å². The first-order chi connectivity index (χ1) is 17.5. The molecule has 3 aromatic rings. The zero-order chi connectivity index (χ0) is 26.6. The van der Waals surface area contributed by atoms with Crippen molar-refractivity contribution in [1.82, 2.24) is 14.9 Å². The molecule has 2 atom stereocenters. The molecule has 0 bridgehead atoms. The molecule has 0 spiro atoms. The van der Waals surface area contributed by atoms with Gasteiger partial charge in [0.15, 0.2) is 15.3 Å². The Balaban J connectivity index is 1.56. The molecule has 1 fully saturated rings. The number of benzene rings is 2. The van der Waals surface area contributed by atoms with E-state index in [1.807, 2.05) is 0 Å². The van der Waals surface area contributed by atoms with E-state index < -0.39 is 33.8 Å². The number of rotatable bonds is 4. The molecule has 2 N–H and O–H groups in total. The Morgan fingerprint density at radius 2 is 2.00 bits per heavy atom. The minimum atomic E-state index is -4.16. The fraction of sp³-hybridized carbons (Fsp3) is 0.292. The number of sulfonamides is 1. The average Bonchev–Trinajstić information content (AvgIpc) is 3.23. The van der Waals surface area contributed by atoms with Gasteiger partial charge in [-0.1, -0.05) is 10.3 Å². The number of amides is 3. The van der Waals surface area contributed by atoms with Gasteiger partial charge in [0.2, 0.25) is 17.7 Å². The number of aromatic nitrogens is 2. The van der Waals surface area contributed by atoms with Crippen LogP contribution in [0.3, 0.4) is 0 Å². The minimum absolute atomic E-state index is 0.0648. The van der Waals surface area contributed by atoms with E-state index in [-0.39, 0.29) is 46.1 Å². The average molecular weight is 588 g/mol. The Kier molecular flexibility index (Phi) is 6.24. The first-order valence-corrected chi connectivity index (χ1v) is 13.7. The van der Waals surface area contributed by atoms with Gasteiger partial charge >= 0.3 is 0 Å².